The van der Waals surface area contributed by atoms with Crippen molar-refractivity contribution in [2.24, 2.45) is 0 Å². The summed E-state index contributed by atoms with van der Waals surface area (Å²) in [6.07, 6.45) is -4.41. The van der Waals surface area contributed by atoms with Crippen LogP contribution in [0.3, 0.4) is 0 Å². The molecule has 1 aliphatic rings. The zero-order valence-corrected chi connectivity index (χ0v) is 16.9. The zero-order chi connectivity index (χ0) is 22.4. The summed E-state index contributed by atoms with van der Waals surface area (Å²) in [6, 6.07) is 10.8. The molecule has 1 N–H and O–H groups in total. The Morgan fingerprint density at radius 3 is 2.35 bits per heavy atom. The van der Waals surface area contributed by atoms with Crippen molar-refractivity contribution in [2.75, 3.05) is 40.0 Å². The van der Waals surface area contributed by atoms with Crippen molar-refractivity contribution in [1.29, 1.82) is 0 Å². The monoisotopic (exact) mass is 436 g/mol. The third kappa shape index (κ3) is 5.83. The van der Waals surface area contributed by atoms with Gasteiger partial charge in [0.2, 0.25) is 0 Å². The standard InChI is InChI=1S/C22H23F3N2O4/c1-30-21(29)17-4-2-3-16(13-17)20(28)26-14-19(27-9-11-31-12-10-27)15-5-7-18(8-6-15)22(23,24)25/h2-8,13,19H,9-12,14H2,1H3,(H,26,28). The molecule has 1 atom stereocenters. The molecule has 166 valence electrons. The van der Waals surface area contributed by atoms with Gasteiger partial charge >= 0.3 is 12.1 Å². The summed E-state index contributed by atoms with van der Waals surface area (Å²) in [5.74, 6) is -0.943. The number of halogens is 3. The van der Waals surface area contributed by atoms with E-state index in [1.54, 1.807) is 18.2 Å². The second kappa shape index (κ2) is 9.93. The molecule has 0 saturated carbocycles. The summed E-state index contributed by atoms with van der Waals surface area (Å²) in [7, 11) is 1.26. The molecule has 6 nitrogen and oxygen atoms in total. The fourth-order valence-electron chi connectivity index (χ4n) is 3.44. The molecule has 1 amide bonds. The lowest BCUT2D eigenvalue weighted by Crippen LogP contribution is -2.43. The Morgan fingerprint density at radius 1 is 1.10 bits per heavy atom. The number of nitrogens with one attached hydrogen (secondary N) is 1. The van der Waals surface area contributed by atoms with Gasteiger partial charge in [-0.1, -0.05) is 18.2 Å². The number of hydrogen-bond acceptors (Lipinski definition) is 5. The summed E-state index contributed by atoms with van der Waals surface area (Å²) in [4.78, 5) is 26.4. The lowest BCUT2D eigenvalue weighted by molar-refractivity contribution is -0.137. The molecule has 0 spiro atoms. The molecular weight excluding hydrogens is 413 g/mol. The van der Waals surface area contributed by atoms with Crippen LogP contribution in [0.4, 0.5) is 13.2 Å². The molecule has 1 fully saturated rings. The topological polar surface area (TPSA) is 67.9 Å². The first kappa shape index (κ1) is 22.8. The van der Waals surface area contributed by atoms with Gasteiger partial charge in [0.25, 0.3) is 5.91 Å². The van der Waals surface area contributed by atoms with E-state index >= 15 is 0 Å². The highest BCUT2D eigenvalue weighted by Gasteiger charge is 2.31. The minimum Gasteiger partial charge on any atom is -0.465 e. The second-order valence-electron chi connectivity index (χ2n) is 7.07. The third-order valence-corrected chi connectivity index (χ3v) is 5.11. The first-order chi connectivity index (χ1) is 14.8. The Labute approximate surface area is 177 Å². The van der Waals surface area contributed by atoms with Crippen LogP contribution in [0, 0.1) is 0 Å². The number of amides is 1. The molecule has 0 radical (unpaired) electrons. The van der Waals surface area contributed by atoms with Gasteiger partial charge in [-0.25, -0.2) is 4.79 Å². The van der Waals surface area contributed by atoms with Gasteiger partial charge in [-0.2, -0.15) is 13.2 Å². The SMILES string of the molecule is COC(=O)c1cccc(C(=O)NCC(c2ccc(C(F)(F)F)cc2)N2CCOCC2)c1. The van der Waals surface area contributed by atoms with Gasteiger partial charge in [0.1, 0.15) is 0 Å². The summed E-state index contributed by atoms with van der Waals surface area (Å²) in [6.45, 7) is 2.39. The Bertz CT molecular complexity index is 910. The smallest absolute Gasteiger partial charge is 0.416 e. The van der Waals surface area contributed by atoms with Crippen molar-refractivity contribution in [3.8, 4) is 0 Å². The number of hydrogen-bond donors (Lipinski definition) is 1. The Hall–Kier alpha value is -2.91. The maximum absolute atomic E-state index is 12.9. The highest BCUT2D eigenvalue weighted by molar-refractivity contribution is 5.97. The normalized spacial score (nSPS) is 15.9. The molecule has 1 aliphatic heterocycles. The third-order valence-electron chi connectivity index (χ3n) is 5.11. The second-order valence-corrected chi connectivity index (χ2v) is 7.07. The highest BCUT2D eigenvalue weighted by atomic mass is 19.4. The molecule has 0 bridgehead atoms. The number of rotatable bonds is 6. The maximum atomic E-state index is 12.9. The van der Waals surface area contributed by atoms with E-state index in [2.05, 4.69) is 15.0 Å². The van der Waals surface area contributed by atoms with E-state index in [0.29, 0.717) is 31.9 Å². The molecular formula is C22H23F3N2O4. The minimum absolute atomic E-state index is 0.187. The van der Waals surface area contributed by atoms with Crippen molar-refractivity contribution in [3.63, 3.8) is 0 Å². The number of morpholine rings is 1. The van der Waals surface area contributed by atoms with E-state index in [9.17, 15) is 22.8 Å². The van der Waals surface area contributed by atoms with Crippen LogP contribution < -0.4 is 5.32 Å². The Balaban J connectivity index is 1.76. The summed E-state index contributed by atoms with van der Waals surface area (Å²) >= 11 is 0. The number of nitrogens with zero attached hydrogens (tertiary/aromatic N) is 1. The van der Waals surface area contributed by atoms with Gasteiger partial charge in [-0.3, -0.25) is 9.69 Å². The molecule has 1 heterocycles. The van der Waals surface area contributed by atoms with Crippen LogP contribution in [-0.4, -0.2) is 56.7 Å². The number of alkyl halides is 3. The van der Waals surface area contributed by atoms with Gasteiger partial charge in [0.05, 0.1) is 37.5 Å². The van der Waals surface area contributed by atoms with Crippen LogP contribution in [0.1, 0.15) is 37.9 Å². The van der Waals surface area contributed by atoms with E-state index < -0.39 is 23.6 Å². The van der Waals surface area contributed by atoms with Crippen molar-refractivity contribution >= 4 is 11.9 Å². The van der Waals surface area contributed by atoms with Crippen LogP contribution in [-0.2, 0) is 15.7 Å². The van der Waals surface area contributed by atoms with Crippen LogP contribution in [0.2, 0.25) is 0 Å². The molecule has 9 heteroatoms. The van der Waals surface area contributed by atoms with Crippen LogP contribution >= 0.6 is 0 Å². The lowest BCUT2D eigenvalue weighted by Gasteiger charge is -2.35. The molecule has 3 rings (SSSR count). The number of esters is 1. The molecule has 0 aromatic heterocycles. The minimum atomic E-state index is -4.41. The molecule has 0 aliphatic carbocycles. The van der Waals surface area contributed by atoms with Crippen molar-refractivity contribution in [1.82, 2.24) is 10.2 Å². The quantitative estimate of drug-likeness (QED) is 0.704. The molecule has 31 heavy (non-hydrogen) atoms. The first-order valence-electron chi connectivity index (χ1n) is 9.75. The Kier molecular flexibility index (Phi) is 7.29. The van der Waals surface area contributed by atoms with E-state index in [1.807, 2.05) is 0 Å². The highest BCUT2D eigenvalue weighted by Crippen LogP contribution is 2.31. The average molecular weight is 436 g/mol. The van der Waals surface area contributed by atoms with E-state index in [-0.39, 0.29) is 23.7 Å². The largest absolute Gasteiger partial charge is 0.465 e. The summed E-state index contributed by atoms with van der Waals surface area (Å²) in [5.41, 5.74) is 0.484. The average Bonchev–Trinajstić information content (AvgIpc) is 2.79. The lowest BCUT2D eigenvalue weighted by atomic mass is 10.0. The Morgan fingerprint density at radius 2 is 1.74 bits per heavy atom. The van der Waals surface area contributed by atoms with Crippen molar-refractivity contribution in [3.05, 3.63) is 70.8 Å². The van der Waals surface area contributed by atoms with Gasteiger partial charge in [0.15, 0.2) is 0 Å². The molecule has 1 saturated heterocycles. The zero-order valence-electron chi connectivity index (χ0n) is 16.9. The molecule has 2 aromatic carbocycles. The number of carbonyl (C=O) groups is 2. The van der Waals surface area contributed by atoms with Gasteiger partial charge in [-0.15, -0.1) is 0 Å². The number of methoxy groups -OCH3 is 1. The molecule has 2 aromatic rings. The number of carbonyl (C=O) groups excluding carboxylic acids is 2. The van der Waals surface area contributed by atoms with E-state index in [1.165, 1.54) is 25.3 Å². The van der Waals surface area contributed by atoms with Crippen molar-refractivity contribution in [2.45, 2.75) is 12.2 Å². The van der Waals surface area contributed by atoms with Gasteiger partial charge < -0.3 is 14.8 Å². The maximum Gasteiger partial charge on any atom is 0.416 e. The summed E-state index contributed by atoms with van der Waals surface area (Å²) in [5, 5.41) is 2.83. The van der Waals surface area contributed by atoms with Crippen LogP contribution in [0.5, 0.6) is 0 Å². The van der Waals surface area contributed by atoms with Crippen molar-refractivity contribution < 1.29 is 32.2 Å². The summed E-state index contributed by atoms with van der Waals surface area (Å²) < 4.78 is 48.8. The molecule has 1 unspecified atom stereocenters. The fraction of sp³-hybridized carbons (Fsp3) is 0.364. The first-order valence-corrected chi connectivity index (χ1v) is 9.75. The van der Waals surface area contributed by atoms with E-state index in [4.69, 9.17) is 4.74 Å². The number of benzene rings is 2. The number of ether oxygens (including phenoxy) is 2. The predicted molar refractivity (Wildman–Crippen MR) is 107 cm³/mol. The van der Waals surface area contributed by atoms with Gasteiger partial charge in [-0.05, 0) is 35.9 Å². The predicted octanol–water partition coefficient (Wildman–Crippen LogP) is 3.30. The fourth-order valence-corrected chi connectivity index (χ4v) is 3.44. The van der Waals surface area contributed by atoms with E-state index in [0.717, 1.165) is 12.1 Å². The van der Waals surface area contributed by atoms with Gasteiger partial charge in [0, 0.05) is 25.2 Å². The van der Waals surface area contributed by atoms with Crippen LogP contribution in [0.25, 0.3) is 0 Å². The van der Waals surface area contributed by atoms with Crippen LogP contribution in [0.15, 0.2) is 48.5 Å².